The zero-order valence-electron chi connectivity index (χ0n) is 48.6. The molecule has 0 aliphatic heterocycles. The minimum absolute atomic E-state index is 0.317. The van der Waals surface area contributed by atoms with E-state index < -0.39 is 0 Å². The van der Waals surface area contributed by atoms with Gasteiger partial charge in [0, 0.05) is 72.0 Å². The van der Waals surface area contributed by atoms with E-state index >= 15 is 0 Å². The van der Waals surface area contributed by atoms with Gasteiger partial charge in [-0.2, -0.15) is 0 Å². The summed E-state index contributed by atoms with van der Waals surface area (Å²) >= 11 is 0. The first kappa shape index (κ1) is 49.6. The summed E-state index contributed by atoms with van der Waals surface area (Å²) in [5.41, 5.74) is 21.6. The van der Waals surface area contributed by atoms with E-state index in [1.165, 1.54) is 43.8 Å². The van der Waals surface area contributed by atoms with Crippen LogP contribution in [0.5, 0.6) is 0 Å². The smallest absolute Gasteiger partial charge is 0.159 e. The quantitative estimate of drug-likeness (QED) is 0.151. The Morgan fingerprint density at radius 2 is 0.618 bits per heavy atom. The standard InChI is InChI=1S/C83H52N2O4/c1-83(2)71-45-69-63-39-37-59(84(73-21-11-19-65-61-17-7-9-23-75(61)88-81(65)73)57-33-29-51(30-34-57)55-27-25-49-13-3-5-15-53(49)41-55)43-77(63)86-79(69)47-67(71)68-48-80-70(46-72(68)83)64-40-38-60(44-78(64)87-80)85(74-22-12-20-66-62-18-8-10-24-76(62)89-82(66)74)58-35-31-52(32-36-58)56-28-26-50-14-4-6-16-54(50)42-56/h3-48H,1-2H3. The molecule has 0 radical (unpaired) electrons. The highest BCUT2D eigenvalue weighted by atomic mass is 16.3. The molecule has 0 fully saturated rings. The van der Waals surface area contributed by atoms with Gasteiger partial charge in [-0.15, -0.1) is 0 Å². The molecule has 0 spiro atoms. The van der Waals surface area contributed by atoms with Crippen molar-refractivity contribution in [3.8, 4) is 33.4 Å². The minimum Gasteiger partial charge on any atom is -0.456 e. The van der Waals surface area contributed by atoms with Gasteiger partial charge in [-0.25, -0.2) is 0 Å². The van der Waals surface area contributed by atoms with Gasteiger partial charge < -0.3 is 27.5 Å². The summed E-state index contributed by atoms with van der Waals surface area (Å²) in [7, 11) is 0. The summed E-state index contributed by atoms with van der Waals surface area (Å²) in [6.07, 6.45) is 0. The van der Waals surface area contributed by atoms with Crippen LogP contribution >= 0.6 is 0 Å². The highest BCUT2D eigenvalue weighted by Crippen LogP contribution is 2.54. The first-order chi connectivity index (χ1) is 43.8. The summed E-state index contributed by atoms with van der Waals surface area (Å²) in [5, 5.41) is 13.5. The number of nitrogens with zero attached hydrogens (tertiary/aromatic N) is 2. The first-order valence-electron chi connectivity index (χ1n) is 30.4. The van der Waals surface area contributed by atoms with Gasteiger partial charge >= 0.3 is 0 Å². The summed E-state index contributed by atoms with van der Waals surface area (Å²) in [6.45, 7) is 4.69. The fraction of sp³-hybridized carbons (Fsp3) is 0.0361. The lowest BCUT2D eigenvalue weighted by molar-refractivity contribution is 0.656. The first-order valence-corrected chi connectivity index (χ1v) is 30.4. The van der Waals surface area contributed by atoms with Crippen LogP contribution in [-0.4, -0.2) is 0 Å². The molecular formula is C83H52N2O4. The van der Waals surface area contributed by atoms with E-state index in [4.69, 9.17) is 17.7 Å². The SMILES string of the molecule is CC1(C)c2cc3c(cc2-c2cc4oc5cc(N(c6ccc(-c7ccc8ccccc8c7)cc6)c6cccc7c6oc6ccccc67)ccc5c4cc21)oc1cc(N(c2ccc(-c4ccc5ccccc5c4)cc2)c2cccc4c2oc2ccccc24)ccc13. The fourth-order valence-corrected chi connectivity index (χ4v) is 14.5. The zero-order valence-corrected chi connectivity index (χ0v) is 48.6. The number of furan rings is 4. The number of anilines is 6. The van der Waals surface area contributed by atoms with E-state index in [1.807, 2.05) is 24.3 Å². The van der Waals surface area contributed by atoms with E-state index in [9.17, 15) is 0 Å². The topological polar surface area (TPSA) is 59.0 Å². The molecule has 14 aromatic carbocycles. The molecule has 0 amide bonds. The summed E-state index contributed by atoms with van der Waals surface area (Å²) in [6, 6.07) is 100. The van der Waals surface area contributed by atoms with Crippen molar-refractivity contribution in [2.45, 2.75) is 19.3 Å². The molecule has 4 aromatic heterocycles. The molecule has 4 heterocycles. The van der Waals surface area contributed by atoms with Crippen LogP contribution < -0.4 is 9.80 Å². The Labute approximate surface area is 510 Å². The molecule has 0 saturated heterocycles. The predicted molar refractivity (Wildman–Crippen MR) is 368 cm³/mol. The van der Waals surface area contributed by atoms with Crippen molar-refractivity contribution < 1.29 is 17.7 Å². The molecule has 89 heavy (non-hydrogen) atoms. The number of hydrogen-bond acceptors (Lipinski definition) is 6. The average molecular weight is 1140 g/mol. The molecule has 0 bridgehead atoms. The normalized spacial score (nSPS) is 12.9. The zero-order chi connectivity index (χ0) is 58.6. The molecule has 6 heteroatoms. The Balaban J connectivity index is 0.709. The lowest BCUT2D eigenvalue weighted by Gasteiger charge is -2.25. The van der Waals surface area contributed by atoms with Crippen molar-refractivity contribution in [3.63, 3.8) is 0 Å². The maximum atomic E-state index is 7.02. The molecule has 0 unspecified atom stereocenters. The van der Waals surface area contributed by atoms with E-state index in [0.717, 1.165) is 144 Å². The van der Waals surface area contributed by atoms with Crippen LogP contribution in [0.4, 0.5) is 34.1 Å². The lowest BCUT2D eigenvalue weighted by Crippen LogP contribution is -2.14. The van der Waals surface area contributed by atoms with E-state index in [-0.39, 0.29) is 5.41 Å². The van der Waals surface area contributed by atoms with Gasteiger partial charge in [0.15, 0.2) is 11.2 Å². The molecule has 1 aliphatic rings. The van der Waals surface area contributed by atoms with Crippen molar-refractivity contribution in [1.29, 1.82) is 0 Å². The molecule has 418 valence electrons. The summed E-state index contributed by atoms with van der Waals surface area (Å²) in [5.74, 6) is 0. The maximum Gasteiger partial charge on any atom is 0.159 e. The number of fused-ring (bicyclic) bond motifs is 17. The van der Waals surface area contributed by atoms with Crippen molar-refractivity contribution in [1.82, 2.24) is 0 Å². The van der Waals surface area contributed by atoms with Crippen LogP contribution in [0.1, 0.15) is 25.0 Å². The molecule has 18 aromatic rings. The Morgan fingerprint density at radius 1 is 0.247 bits per heavy atom. The Morgan fingerprint density at radius 3 is 1.08 bits per heavy atom. The largest absolute Gasteiger partial charge is 0.456 e. The second-order valence-electron chi connectivity index (χ2n) is 24.4. The molecule has 19 rings (SSSR count). The maximum absolute atomic E-state index is 7.02. The second kappa shape index (κ2) is 18.7. The second-order valence-corrected chi connectivity index (χ2v) is 24.4. The van der Waals surface area contributed by atoms with E-state index in [2.05, 4.69) is 278 Å². The molecule has 6 nitrogen and oxygen atoms in total. The number of rotatable bonds is 8. The number of para-hydroxylation sites is 4. The Bertz CT molecular complexity index is 5610. The highest BCUT2D eigenvalue weighted by Gasteiger charge is 2.38. The van der Waals surface area contributed by atoms with Crippen molar-refractivity contribution in [2.75, 3.05) is 9.80 Å². The van der Waals surface area contributed by atoms with Crippen LogP contribution in [-0.2, 0) is 5.41 Å². The van der Waals surface area contributed by atoms with Gasteiger partial charge in [0.2, 0.25) is 0 Å². The van der Waals surface area contributed by atoms with Crippen LogP contribution in [0.25, 0.3) is 143 Å². The third-order valence-electron chi connectivity index (χ3n) is 19.0. The monoisotopic (exact) mass is 1140 g/mol. The van der Waals surface area contributed by atoms with Crippen molar-refractivity contribution >= 4 is 143 Å². The Kier molecular flexibility index (Phi) is 10.4. The molecule has 0 saturated carbocycles. The van der Waals surface area contributed by atoms with Gasteiger partial charge in [-0.1, -0.05) is 172 Å². The molecular weight excluding hydrogens is 1090 g/mol. The summed E-state index contributed by atoms with van der Waals surface area (Å²) < 4.78 is 27.5. The summed E-state index contributed by atoms with van der Waals surface area (Å²) in [4.78, 5) is 4.59. The van der Waals surface area contributed by atoms with Gasteiger partial charge in [0.05, 0.1) is 22.7 Å². The van der Waals surface area contributed by atoms with Crippen molar-refractivity contribution in [3.05, 3.63) is 290 Å². The minimum atomic E-state index is -0.317. The third-order valence-corrected chi connectivity index (χ3v) is 19.0. The van der Waals surface area contributed by atoms with Gasteiger partial charge in [-0.3, -0.25) is 0 Å². The van der Waals surface area contributed by atoms with Gasteiger partial charge in [0.25, 0.3) is 0 Å². The molecule has 0 atom stereocenters. The molecule has 0 N–H and O–H groups in total. The van der Waals surface area contributed by atoms with E-state index in [0.29, 0.717) is 0 Å². The predicted octanol–water partition coefficient (Wildman–Crippen LogP) is 24.2. The van der Waals surface area contributed by atoms with Crippen LogP contribution in [0, 0.1) is 0 Å². The highest BCUT2D eigenvalue weighted by molar-refractivity contribution is 6.15. The fourth-order valence-electron chi connectivity index (χ4n) is 14.5. The van der Waals surface area contributed by atoms with Crippen LogP contribution in [0.2, 0.25) is 0 Å². The van der Waals surface area contributed by atoms with Crippen LogP contribution in [0.3, 0.4) is 0 Å². The van der Waals surface area contributed by atoms with E-state index in [1.54, 1.807) is 0 Å². The average Bonchev–Trinajstić information content (AvgIpc) is 1.64. The number of hydrogen-bond donors (Lipinski definition) is 0. The van der Waals surface area contributed by atoms with Gasteiger partial charge in [-0.05, 0) is 175 Å². The Hall–Kier alpha value is -11.6. The number of benzene rings is 14. The lowest BCUT2D eigenvalue weighted by atomic mass is 9.81. The van der Waals surface area contributed by atoms with Crippen molar-refractivity contribution in [2.24, 2.45) is 0 Å². The van der Waals surface area contributed by atoms with Crippen LogP contribution in [0.15, 0.2) is 297 Å². The third kappa shape index (κ3) is 7.57. The van der Waals surface area contributed by atoms with Gasteiger partial charge in [0.1, 0.15) is 33.5 Å². The molecule has 1 aliphatic carbocycles.